The summed E-state index contributed by atoms with van der Waals surface area (Å²) in [5.41, 5.74) is 3.87. The standard InChI is InChI=1S/C19H19N3O3/c1-12-7-18(22-21-12)13-5-4-6-15(8-13)20-19(23)14-9-16(24-2)11-17(10-14)25-3/h4-11H,1-3H3,(H,20,23)(H,21,22). The molecule has 1 amide bonds. The minimum Gasteiger partial charge on any atom is -0.497 e. The number of nitrogens with one attached hydrogen (secondary N) is 2. The second-order valence-corrected chi connectivity index (χ2v) is 5.57. The van der Waals surface area contributed by atoms with Gasteiger partial charge in [-0.1, -0.05) is 12.1 Å². The van der Waals surface area contributed by atoms with Gasteiger partial charge in [-0.15, -0.1) is 0 Å². The number of benzene rings is 2. The molecule has 2 N–H and O–H groups in total. The van der Waals surface area contributed by atoms with E-state index in [1.54, 1.807) is 32.4 Å². The fourth-order valence-corrected chi connectivity index (χ4v) is 2.46. The third-order valence-corrected chi connectivity index (χ3v) is 3.74. The number of aryl methyl sites for hydroxylation is 1. The highest BCUT2D eigenvalue weighted by Gasteiger charge is 2.11. The Labute approximate surface area is 145 Å². The van der Waals surface area contributed by atoms with Crippen LogP contribution in [-0.2, 0) is 0 Å². The Hall–Kier alpha value is -3.28. The zero-order chi connectivity index (χ0) is 17.8. The summed E-state index contributed by atoms with van der Waals surface area (Å²) in [5.74, 6) is 0.878. The van der Waals surface area contributed by atoms with Crippen molar-refractivity contribution in [2.45, 2.75) is 6.92 Å². The zero-order valence-corrected chi connectivity index (χ0v) is 14.3. The molecule has 0 saturated heterocycles. The lowest BCUT2D eigenvalue weighted by molar-refractivity contribution is 0.102. The Morgan fingerprint density at radius 1 is 1.04 bits per heavy atom. The van der Waals surface area contributed by atoms with E-state index in [9.17, 15) is 4.79 Å². The van der Waals surface area contributed by atoms with Crippen LogP contribution in [0.3, 0.4) is 0 Å². The topological polar surface area (TPSA) is 76.2 Å². The van der Waals surface area contributed by atoms with Gasteiger partial charge in [0.1, 0.15) is 11.5 Å². The molecule has 1 heterocycles. The number of anilines is 1. The van der Waals surface area contributed by atoms with Crippen molar-refractivity contribution >= 4 is 11.6 Å². The maximum Gasteiger partial charge on any atom is 0.255 e. The number of H-pyrrole nitrogens is 1. The van der Waals surface area contributed by atoms with Gasteiger partial charge in [0, 0.05) is 28.6 Å². The van der Waals surface area contributed by atoms with E-state index >= 15 is 0 Å². The van der Waals surface area contributed by atoms with E-state index < -0.39 is 0 Å². The van der Waals surface area contributed by atoms with Crippen molar-refractivity contribution in [1.29, 1.82) is 0 Å². The lowest BCUT2D eigenvalue weighted by Gasteiger charge is -2.10. The Morgan fingerprint density at radius 2 is 1.76 bits per heavy atom. The summed E-state index contributed by atoms with van der Waals surface area (Å²) >= 11 is 0. The molecular formula is C19H19N3O3. The van der Waals surface area contributed by atoms with Crippen LogP contribution in [0.25, 0.3) is 11.3 Å². The van der Waals surface area contributed by atoms with Gasteiger partial charge in [0.15, 0.2) is 0 Å². The molecule has 0 saturated carbocycles. The molecule has 6 heteroatoms. The first-order valence-electron chi connectivity index (χ1n) is 7.76. The van der Waals surface area contributed by atoms with Crippen molar-refractivity contribution in [3.8, 4) is 22.8 Å². The number of aromatic amines is 1. The van der Waals surface area contributed by atoms with E-state index in [4.69, 9.17) is 9.47 Å². The molecule has 128 valence electrons. The van der Waals surface area contributed by atoms with Crippen LogP contribution in [-0.4, -0.2) is 30.3 Å². The Balaban J connectivity index is 1.84. The number of methoxy groups -OCH3 is 2. The summed E-state index contributed by atoms with van der Waals surface area (Å²) in [7, 11) is 3.09. The van der Waals surface area contributed by atoms with Crippen LogP contribution in [0.4, 0.5) is 5.69 Å². The monoisotopic (exact) mass is 337 g/mol. The van der Waals surface area contributed by atoms with Crippen molar-refractivity contribution in [2.75, 3.05) is 19.5 Å². The SMILES string of the molecule is COc1cc(OC)cc(C(=O)Nc2cccc(-c3cc(C)[nH]n3)c2)c1. The number of carbonyl (C=O) groups is 1. The number of amides is 1. The molecular weight excluding hydrogens is 318 g/mol. The highest BCUT2D eigenvalue weighted by Crippen LogP contribution is 2.25. The third-order valence-electron chi connectivity index (χ3n) is 3.74. The number of aromatic nitrogens is 2. The normalized spacial score (nSPS) is 10.4. The summed E-state index contributed by atoms with van der Waals surface area (Å²) in [6, 6.07) is 14.5. The van der Waals surface area contributed by atoms with Gasteiger partial charge in [0.25, 0.3) is 5.91 Å². The van der Waals surface area contributed by atoms with Gasteiger partial charge in [-0.3, -0.25) is 9.89 Å². The van der Waals surface area contributed by atoms with Crippen molar-refractivity contribution in [3.63, 3.8) is 0 Å². The van der Waals surface area contributed by atoms with Gasteiger partial charge < -0.3 is 14.8 Å². The second kappa shape index (κ2) is 7.09. The lowest BCUT2D eigenvalue weighted by atomic mass is 10.1. The molecule has 25 heavy (non-hydrogen) atoms. The highest BCUT2D eigenvalue weighted by molar-refractivity contribution is 6.05. The maximum absolute atomic E-state index is 12.6. The minimum absolute atomic E-state index is 0.243. The van der Waals surface area contributed by atoms with E-state index in [-0.39, 0.29) is 5.91 Å². The number of carbonyl (C=O) groups excluding carboxylic acids is 1. The smallest absolute Gasteiger partial charge is 0.255 e. The molecule has 0 unspecified atom stereocenters. The fourth-order valence-electron chi connectivity index (χ4n) is 2.46. The van der Waals surface area contributed by atoms with Gasteiger partial charge in [0.05, 0.1) is 19.9 Å². The Bertz CT molecular complexity index is 880. The van der Waals surface area contributed by atoms with Gasteiger partial charge >= 0.3 is 0 Å². The quantitative estimate of drug-likeness (QED) is 0.745. The summed E-state index contributed by atoms with van der Waals surface area (Å²) in [5, 5.41) is 10.0. The fraction of sp³-hybridized carbons (Fsp3) is 0.158. The van der Waals surface area contributed by atoms with Crippen molar-refractivity contribution in [3.05, 3.63) is 59.8 Å². The molecule has 0 aliphatic rings. The van der Waals surface area contributed by atoms with Crippen molar-refractivity contribution in [2.24, 2.45) is 0 Å². The van der Waals surface area contributed by atoms with Gasteiger partial charge in [-0.25, -0.2) is 0 Å². The molecule has 3 rings (SSSR count). The Kier molecular flexibility index (Phi) is 4.70. The molecule has 0 aliphatic carbocycles. The first-order valence-corrected chi connectivity index (χ1v) is 7.76. The van der Waals surface area contributed by atoms with E-state index in [1.807, 2.05) is 37.3 Å². The Morgan fingerprint density at radius 3 is 2.36 bits per heavy atom. The second-order valence-electron chi connectivity index (χ2n) is 5.57. The average Bonchev–Trinajstić information content (AvgIpc) is 3.08. The highest BCUT2D eigenvalue weighted by atomic mass is 16.5. The van der Waals surface area contributed by atoms with Crippen LogP contribution in [0, 0.1) is 6.92 Å². The predicted molar refractivity (Wildman–Crippen MR) is 96.3 cm³/mol. The van der Waals surface area contributed by atoms with Crippen molar-refractivity contribution < 1.29 is 14.3 Å². The molecule has 0 atom stereocenters. The van der Waals surface area contributed by atoms with Crippen LogP contribution in [0.2, 0.25) is 0 Å². The van der Waals surface area contributed by atoms with E-state index in [0.29, 0.717) is 22.7 Å². The molecule has 1 aromatic heterocycles. The van der Waals surface area contributed by atoms with Gasteiger partial charge in [-0.05, 0) is 37.3 Å². The van der Waals surface area contributed by atoms with Crippen LogP contribution in [0.5, 0.6) is 11.5 Å². The number of hydrogen-bond acceptors (Lipinski definition) is 4. The molecule has 2 aromatic carbocycles. The zero-order valence-electron chi connectivity index (χ0n) is 14.3. The van der Waals surface area contributed by atoms with Crippen LogP contribution >= 0.6 is 0 Å². The van der Waals surface area contributed by atoms with E-state index in [1.165, 1.54) is 0 Å². The number of hydrogen-bond donors (Lipinski definition) is 2. The molecule has 6 nitrogen and oxygen atoms in total. The predicted octanol–water partition coefficient (Wildman–Crippen LogP) is 3.65. The minimum atomic E-state index is -0.243. The molecule has 0 fully saturated rings. The number of nitrogens with zero attached hydrogens (tertiary/aromatic N) is 1. The first-order chi connectivity index (χ1) is 12.1. The van der Waals surface area contributed by atoms with Crippen LogP contribution in [0.1, 0.15) is 16.1 Å². The number of rotatable bonds is 5. The lowest BCUT2D eigenvalue weighted by Crippen LogP contribution is -2.12. The molecule has 0 bridgehead atoms. The van der Waals surface area contributed by atoms with E-state index in [0.717, 1.165) is 17.0 Å². The maximum atomic E-state index is 12.6. The summed E-state index contributed by atoms with van der Waals surface area (Å²) in [4.78, 5) is 12.6. The van der Waals surface area contributed by atoms with Crippen molar-refractivity contribution in [1.82, 2.24) is 10.2 Å². The van der Waals surface area contributed by atoms with Gasteiger partial charge in [0.2, 0.25) is 0 Å². The molecule has 0 aliphatic heterocycles. The van der Waals surface area contributed by atoms with Gasteiger partial charge in [-0.2, -0.15) is 5.10 Å². The molecule has 0 radical (unpaired) electrons. The summed E-state index contributed by atoms with van der Waals surface area (Å²) in [6.45, 7) is 1.94. The molecule has 3 aromatic rings. The summed E-state index contributed by atoms with van der Waals surface area (Å²) < 4.78 is 10.4. The van der Waals surface area contributed by atoms with Crippen LogP contribution in [0.15, 0.2) is 48.5 Å². The number of ether oxygens (including phenoxy) is 2. The average molecular weight is 337 g/mol. The largest absolute Gasteiger partial charge is 0.497 e. The van der Waals surface area contributed by atoms with Crippen LogP contribution < -0.4 is 14.8 Å². The molecule has 0 spiro atoms. The first kappa shape index (κ1) is 16.6. The third kappa shape index (κ3) is 3.80. The van der Waals surface area contributed by atoms with E-state index in [2.05, 4.69) is 15.5 Å². The summed E-state index contributed by atoms with van der Waals surface area (Å²) in [6.07, 6.45) is 0.